The van der Waals surface area contributed by atoms with Crippen molar-refractivity contribution in [2.45, 2.75) is 83.8 Å². The Labute approximate surface area is 162 Å². The fourth-order valence-corrected chi connectivity index (χ4v) is 8.37. The Morgan fingerprint density at radius 1 is 1.04 bits per heavy atom. The highest BCUT2D eigenvalue weighted by atomic mass is 16.6. The van der Waals surface area contributed by atoms with Crippen molar-refractivity contribution >= 4 is 5.97 Å². The molecule has 0 aromatic carbocycles. The monoisotopic (exact) mass is 380 g/mol. The smallest absolute Gasteiger partial charge is 0.303 e. The molecule has 8 atom stereocenters. The van der Waals surface area contributed by atoms with E-state index in [1.54, 1.807) is 0 Å². The van der Waals surface area contributed by atoms with Gasteiger partial charge in [-0.1, -0.05) is 13.8 Å². The second-order valence-corrected chi connectivity index (χ2v) is 10.6. The van der Waals surface area contributed by atoms with E-state index in [0.717, 1.165) is 51.4 Å². The Kier molecular flexibility index (Phi) is 4.49. The summed E-state index contributed by atoms with van der Waals surface area (Å²) in [5, 5.41) is 31.1. The van der Waals surface area contributed by atoms with Crippen molar-refractivity contribution in [1.82, 2.24) is 0 Å². The van der Waals surface area contributed by atoms with Gasteiger partial charge in [0.1, 0.15) is 5.60 Å². The third kappa shape index (κ3) is 2.37. The summed E-state index contributed by atoms with van der Waals surface area (Å²) in [6, 6.07) is 0. The molecule has 0 radical (unpaired) electrons. The van der Waals surface area contributed by atoms with Crippen LogP contribution >= 0.6 is 0 Å². The van der Waals surface area contributed by atoms with Crippen LogP contribution in [0.3, 0.4) is 0 Å². The standard InChI is InChI=1S/C22H36O5/c1-14(25)27-22(13-24)9-8-21-11-16(22)10-15(21)4-5-17-19(2,12-23)18(26)6-7-20(17,21)3/h15-18,23-24,26H,4-13H2,1-3H3. The van der Waals surface area contributed by atoms with Crippen LogP contribution in [0.2, 0.25) is 0 Å². The van der Waals surface area contributed by atoms with Gasteiger partial charge in [0.2, 0.25) is 0 Å². The molecule has 27 heavy (non-hydrogen) atoms. The first-order valence-electron chi connectivity index (χ1n) is 10.8. The van der Waals surface area contributed by atoms with Crippen LogP contribution in [0.1, 0.15) is 72.1 Å². The minimum atomic E-state index is -0.714. The van der Waals surface area contributed by atoms with Gasteiger partial charge in [-0.3, -0.25) is 4.79 Å². The van der Waals surface area contributed by atoms with E-state index in [4.69, 9.17) is 4.74 Å². The second kappa shape index (κ2) is 6.17. The van der Waals surface area contributed by atoms with Gasteiger partial charge in [0, 0.05) is 18.3 Å². The van der Waals surface area contributed by atoms with Gasteiger partial charge < -0.3 is 20.1 Å². The van der Waals surface area contributed by atoms with Crippen LogP contribution < -0.4 is 0 Å². The summed E-state index contributed by atoms with van der Waals surface area (Å²) in [6.07, 6.45) is 7.17. The van der Waals surface area contributed by atoms with E-state index in [1.165, 1.54) is 6.92 Å². The molecule has 5 nitrogen and oxygen atoms in total. The minimum Gasteiger partial charge on any atom is -0.457 e. The Morgan fingerprint density at radius 2 is 1.78 bits per heavy atom. The van der Waals surface area contributed by atoms with Crippen molar-refractivity contribution < 1.29 is 24.9 Å². The molecule has 8 unspecified atom stereocenters. The number of aliphatic hydroxyl groups is 3. The molecule has 2 bridgehead atoms. The SMILES string of the molecule is CC(=O)OC1(CO)CCC23CC1CC2CCC1C(C)(CO)C(O)CCC13C. The van der Waals surface area contributed by atoms with Crippen LogP contribution in [-0.4, -0.2) is 46.2 Å². The molecule has 0 aliphatic heterocycles. The highest BCUT2D eigenvalue weighted by molar-refractivity contribution is 5.66. The molecule has 154 valence electrons. The van der Waals surface area contributed by atoms with Gasteiger partial charge in [-0.15, -0.1) is 0 Å². The number of hydrogen-bond acceptors (Lipinski definition) is 5. The van der Waals surface area contributed by atoms with Crippen molar-refractivity contribution in [2.75, 3.05) is 13.2 Å². The summed E-state index contributed by atoms with van der Waals surface area (Å²) in [5.74, 6) is 0.815. The van der Waals surface area contributed by atoms with E-state index in [0.29, 0.717) is 11.8 Å². The lowest BCUT2D eigenvalue weighted by Crippen LogP contribution is -2.63. The fourth-order valence-electron chi connectivity index (χ4n) is 8.37. The molecule has 4 aliphatic carbocycles. The lowest BCUT2D eigenvalue weighted by molar-refractivity contribution is -0.220. The molecule has 0 aromatic heterocycles. The Morgan fingerprint density at radius 3 is 2.41 bits per heavy atom. The third-order valence-corrected chi connectivity index (χ3v) is 9.86. The Balaban J connectivity index is 1.71. The van der Waals surface area contributed by atoms with Crippen molar-refractivity contribution in [1.29, 1.82) is 0 Å². The number of aliphatic hydroxyl groups excluding tert-OH is 3. The molecule has 3 N–H and O–H groups in total. The quantitative estimate of drug-likeness (QED) is 0.655. The first-order chi connectivity index (χ1) is 12.7. The lowest BCUT2D eigenvalue weighted by atomic mass is 9.39. The van der Waals surface area contributed by atoms with Crippen LogP contribution in [0.25, 0.3) is 0 Å². The zero-order valence-corrected chi connectivity index (χ0v) is 17.0. The molecule has 4 rings (SSSR count). The van der Waals surface area contributed by atoms with Crippen molar-refractivity contribution in [3.05, 3.63) is 0 Å². The molecule has 0 aromatic rings. The maximum Gasteiger partial charge on any atom is 0.303 e. The van der Waals surface area contributed by atoms with Gasteiger partial charge in [0.15, 0.2) is 0 Å². The van der Waals surface area contributed by atoms with Crippen LogP contribution in [0, 0.1) is 34.0 Å². The largest absolute Gasteiger partial charge is 0.457 e. The minimum absolute atomic E-state index is 0.0343. The molecular formula is C22H36O5. The summed E-state index contributed by atoms with van der Waals surface area (Å²) < 4.78 is 5.74. The van der Waals surface area contributed by atoms with Crippen molar-refractivity contribution in [3.63, 3.8) is 0 Å². The van der Waals surface area contributed by atoms with Crippen LogP contribution in [0.4, 0.5) is 0 Å². The first kappa shape index (κ1) is 19.7. The third-order valence-electron chi connectivity index (χ3n) is 9.86. The molecule has 1 spiro atoms. The van der Waals surface area contributed by atoms with Crippen LogP contribution in [-0.2, 0) is 9.53 Å². The van der Waals surface area contributed by atoms with E-state index in [2.05, 4.69) is 13.8 Å². The zero-order chi connectivity index (χ0) is 19.7. The fraction of sp³-hybridized carbons (Fsp3) is 0.955. The van der Waals surface area contributed by atoms with Gasteiger partial charge in [-0.25, -0.2) is 0 Å². The van der Waals surface area contributed by atoms with Crippen molar-refractivity contribution in [2.24, 2.45) is 34.0 Å². The maximum atomic E-state index is 11.7. The van der Waals surface area contributed by atoms with E-state index in [1.807, 2.05) is 0 Å². The molecule has 4 saturated carbocycles. The topological polar surface area (TPSA) is 87.0 Å². The van der Waals surface area contributed by atoms with Gasteiger partial charge in [-0.05, 0) is 74.0 Å². The van der Waals surface area contributed by atoms with Gasteiger partial charge in [-0.2, -0.15) is 0 Å². The van der Waals surface area contributed by atoms with Crippen molar-refractivity contribution in [3.8, 4) is 0 Å². The number of carbonyl (C=O) groups is 1. The molecule has 4 fully saturated rings. The number of fused-ring (bicyclic) bond motifs is 2. The highest BCUT2D eigenvalue weighted by Gasteiger charge is 2.71. The predicted octanol–water partition coefficient (Wildman–Crippen LogP) is 2.66. The maximum absolute atomic E-state index is 11.7. The summed E-state index contributed by atoms with van der Waals surface area (Å²) in [7, 11) is 0. The van der Waals surface area contributed by atoms with E-state index in [9.17, 15) is 20.1 Å². The number of hydrogen-bond donors (Lipinski definition) is 3. The Bertz CT molecular complexity index is 622. The number of carbonyl (C=O) groups excluding carboxylic acids is 1. The zero-order valence-electron chi connectivity index (χ0n) is 17.0. The van der Waals surface area contributed by atoms with E-state index in [-0.39, 0.29) is 35.9 Å². The predicted molar refractivity (Wildman–Crippen MR) is 101 cm³/mol. The van der Waals surface area contributed by atoms with Gasteiger partial charge in [0.25, 0.3) is 0 Å². The average Bonchev–Trinajstić information content (AvgIpc) is 2.98. The Hall–Kier alpha value is -0.650. The number of esters is 1. The molecule has 5 heteroatoms. The highest BCUT2D eigenvalue weighted by Crippen LogP contribution is 2.75. The molecule has 0 saturated heterocycles. The average molecular weight is 381 g/mol. The summed E-state index contributed by atoms with van der Waals surface area (Å²) >= 11 is 0. The summed E-state index contributed by atoms with van der Waals surface area (Å²) in [5.41, 5.74) is -0.893. The second-order valence-electron chi connectivity index (χ2n) is 10.6. The summed E-state index contributed by atoms with van der Waals surface area (Å²) in [4.78, 5) is 11.7. The van der Waals surface area contributed by atoms with Gasteiger partial charge >= 0.3 is 5.97 Å². The van der Waals surface area contributed by atoms with Crippen LogP contribution in [0.15, 0.2) is 0 Å². The lowest BCUT2D eigenvalue weighted by Gasteiger charge is -2.66. The van der Waals surface area contributed by atoms with Crippen LogP contribution in [0.5, 0.6) is 0 Å². The number of rotatable bonds is 3. The summed E-state index contributed by atoms with van der Waals surface area (Å²) in [6.45, 7) is 5.86. The molecule has 0 heterocycles. The molecule has 4 aliphatic rings. The molecular weight excluding hydrogens is 344 g/mol. The molecule has 0 amide bonds. The normalized spacial score (nSPS) is 54.1. The van der Waals surface area contributed by atoms with E-state index >= 15 is 0 Å². The van der Waals surface area contributed by atoms with Gasteiger partial charge in [0.05, 0.1) is 19.3 Å². The van der Waals surface area contributed by atoms with E-state index < -0.39 is 17.1 Å². The number of ether oxygens (including phenoxy) is 1. The first-order valence-corrected chi connectivity index (χ1v) is 10.8.